The quantitative estimate of drug-likeness (QED) is 0.708. The first-order valence-electron chi connectivity index (χ1n) is 4.47. The Morgan fingerprint density at radius 1 is 1.23 bits per heavy atom. The van der Waals surface area contributed by atoms with Crippen LogP contribution in [0.15, 0.2) is 6.07 Å². The first-order valence-corrected chi connectivity index (χ1v) is 4.47. The van der Waals surface area contributed by atoms with Crippen molar-refractivity contribution in [3.05, 3.63) is 34.1 Å². The molecule has 0 spiro atoms. The maximum absolute atomic E-state index is 13.6. The van der Waals surface area contributed by atoms with Crippen molar-refractivity contribution >= 4 is 0 Å². The van der Waals surface area contributed by atoms with Gasteiger partial charge in [-0.2, -0.15) is 0 Å². The number of hydrogen-bond donors (Lipinski definition) is 1. The molecule has 1 atom stereocenters. The van der Waals surface area contributed by atoms with Crippen LogP contribution in [0, 0.1) is 26.6 Å². The molecule has 0 aromatic heterocycles. The highest BCUT2D eigenvalue weighted by Gasteiger charge is 2.14. The molecule has 1 aromatic rings. The number of hydrogen-bond acceptors (Lipinski definition) is 1. The van der Waals surface area contributed by atoms with Gasteiger partial charge in [0.15, 0.2) is 0 Å². The van der Waals surface area contributed by atoms with Gasteiger partial charge in [-0.25, -0.2) is 4.39 Å². The van der Waals surface area contributed by atoms with Gasteiger partial charge in [0.2, 0.25) is 0 Å². The van der Waals surface area contributed by atoms with Crippen LogP contribution in [0.2, 0.25) is 0 Å². The summed E-state index contributed by atoms with van der Waals surface area (Å²) in [7, 11) is 0. The molecule has 0 saturated carbocycles. The zero-order chi connectivity index (χ0) is 10.2. The van der Waals surface area contributed by atoms with Crippen LogP contribution in [0.1, 0.15) is 35.2 Å². The van der Waals surface area contributed by atoms with Gasteiger partial charge < -0.3 is 5.73 Å². The van der Waals surface area contributed by atoms with Crippen LogP contribution in [-0.2, 0) is 0 Å². The van der Waals surface area contributed by atoms with E-state index in [1.807, 2.05) is 26.8 Å². The summed E-state index contributed by atoms with van der Waals surface area (Å²) >= 11 is 0. The second-order valence-corrected chi connectivity index (χ2v) is 3.65. The lowest BCUT2D eigenvalue weighted by molar-refractivity contribution is 0.582. The van der Waals surface area contributed by atoms with Crippen molar-refractivity contribution in [2.45, 2.75) is 33.7 Å². The van der Waals surface area contributed by atoms with Crippen molar-refractivity contribution in [3.8, 4) is 0 Å². The molecule has 72 valence electrons. The Kier molecular flexibility index (Phi) is 2.71. The summed E-state index contributed by atoms with van der Waals surface area (Å²) in [4.78, 5) is 0. The first kappa shape index (κ1) is 10.2. The number of aryl methyl sites for hydroxylation is 2. The van der Waals surface area contributed by atoms with E-state index in [2.05, 4.69) is 0 Å². The SMILES string of the molecule is Cc1cc(C)c(F)c(C(C)N)c1C. The zero-order valence-corrected chi connectivity index (χ0v) is 8.61. The smallest absolute Gasteiger partial charge is 0.131 e. The van der Waals surface area contributed by atoms with E-state index in [0.29, 0.717) is 11.1 Å². The van der Waals surface area contributed by atoms with E-state index >= 15 is 0 Å². The molecule has 2 heteroatoms. The average Bonchev–Trinajstić information content (AvgIpc) is 2.01. The zero-order valence-electron chi connectivity index (χ0n) is 8.61. The lowest BCUT2D eigenvalue weighted by Gasteiger charge is -2.15. The minimum absolute atomic E-state index is 0.155. The Bertz CT molecular complexity index is 303. The van der Waals surface area contributed by atoms with E-state index in [1.165, 1.54) is 0 Å². The molecule has 2 N–H and O–H groups in total. The van der Waals surface area contributed by atoms with Crippen molar-refractivity contribution in [1.82, 2.24) is 0 Å². The Balaban J connectivity index is 3.46. The monoisotopic (exact) mass is 181 g/mol. The fraction of sp³-hybridized carbons (Fsp3) is 0.455. The third-order valence-corrected chi connectivity index (χ3v) is 2.47. The Morgan fingerprint density at radius 3 is 2.23 bits per heavy atom. The molecule has 1 rings (SSSR count). The maximum Gasteiger partial charge on any atom is 0.131 e. The fourth-order valence-corrected chi connectivity index (χ4v) is 1.63. The molecular formula is C11H16FN. The van der Waals surface area contributed by atoms with E-state index in [4.69, 9.17) is 5.73 Å². The highest BCUT2D eigenvalue weighted by Crippen LogP contribution is 2.24. The number of nitrogens with two attached hydrogens (primary N) is 1. The molecule has 0 aliphatic carbocycles. The predicted octanol–water partition coefficient (Wildman–Crippen LogP) is 2.77. The van der Waals surface area contributed by atoms with Crippen LogP contribution in [0.5, 0.6) is 0 Å². The summed E-state index contributed by atoms with van der Waals surface area (Å²) in [6.07, 6.45) is 0. The molecule has 0 aliphatic rings. The lowest BCUT2D eigenvalue weighted by Crippen LogP contribution is -2.11. The molecule has 0 fully saturated rings. The van der Waals surface area contributed by atoms with E-state index in [-0.39, 0.29) is 11.9 Å². The van der Waals surface area contributed by atoms with Crippen LogP contribution < -0.4 is 5.73 Å². The van der Waals surface area contributed by atoms with Gasteiger partial charge in [-0.05, 0) is 44.4 Å². The van der Waals surface area contributed by atoms with Crippen molar-refractivity contribution in [3.63, 3.8) is 0 Å². The van der Waals surface area contributed by atoms with Gasteiger partial charge in [-0.1, -0.05) is 6.07 Å². The molecule has 0 amide bonds. The molecule has 0 heterocycles. The molecule has 0 radical (unpaired) electrons. The second kappa shape index (κ2) is 3.46. The van der Waals surface area contributed by atoms with Crippen molar-refractivity contribution in [1.29, 1.82) is 0 Å². The maximum atomic E-state index is 13.6. The minimum atomic E-state index is -0.237. The molecule has 0 bridgehead atoms. The minimum Gasteiger partial charge on any atom is -0.324 e. The van der Waals surface area contributed by atoms with E-state index in [1.54, 1.807) is 6.92 Å². The summed E-state index contributed by atoms with van der Waals surface area (Å²) in [6, 6.07) is 1.62. The molecule has 1 nitrogen and oxygen atoms in total. The van der Waals surface area contributed by atoms with Gasteiger partial charge in [0.05, 0.1) is 0 Å². The lowest BCUT2D eigenvalue weighted by atomic mass is 9.95. The highest BCUT2D eigenvalue weighted by molar-refractivity contribution is 5.40. The average molecular weight is 181 g/mol. The second-order valence-electron chi connectivity index (χ2n) is 3.65. The van der Waals surface area contributed by atoms with Gasteiger partial charge in [-0.15, -0.1) is 0 Å². The van der Waals surface area contributed by atoms with Gasteiger partial charge in [0.25, 0.3) is 0 Å². The van der Waals surface area contributed by atoms with Crippen LogP contribution in [0.25, 0.3) is 0 Å². The Labute approximate surface area is 78.8 Å². The summed E-state index contributed by atoms with van der Waals surface area (Å²) < 4.78 is 13.6. The van der Waals surface area contributed by atoms with Crippen LogP contribution in [0.3, 0.4) is 0 Å². The van der Waals surface area contributed by atoms with Gasteiger partial charge >= 0.3 is 0 Å². The van der Waals surface area contributed by atoms with Crippen molar-refractivity contribution in [2.24, 2.45) is 5.73 Å². The van der Waals surface area contributed by atoms with Crippen LogP contribution >= 0.6 is 0 Å². The summed E-state index contributed by atoms with van der Waals surface area (Å²) in [5, 5.41) is 0. The van der Waals surface area contributed by atoms with Crippen LogP contribution in [-0.4, -0.2) is 0 Å². The topological polar surface area (TPSA) is 26.0 Å². The third kappa shape index (κ3) is 1.73. The summed E-state index contributed by atoms with van der Waals surface area (Å²) in [5.74, 6) is -0.155. The fourth-order valence-electron chi connectivity index (χ4n) is 1.63. The molecular weight excluding hydrogens is 165 g/mol. The number of rotatable bonds is 1. The third-order valence-electron chi connectivity index (χ3n) is 2.47. The predicted molar refractivity (Wildman–Crippen MR) is 53.2 cm³/mol. The number of benzene rings is 1. The normalized spacial score (nSPS) is 13.1. The van der Waals surface area contributed by atoms with E-state index in [9.17, 15) is 4.39 Å². The standard InChI is InChI=1S/C11H16FN/c1-6-5-7(2)11(12)10(8(6)3)9(4)13/h5,9H,13H2,1-4H3. The largest absolute Gasteiger partial charge is 0.324 e. The number of halogens is 1. The van der Waals surface area contributed by atoms with Gasteiger partial charge in [0, 0.05) is 11.6 Å². The molecule has 1 aromatic carbocycles. The molecule has 0 aliphatic heterocycles. The Morgan fingerprint density at radius 2 is 1.77 bits per heavy atom. The van der Waals surface area contributed by atoms with Crippen LogP contribution in [0.4, 0.5) is 4.39 Å². The summed E-state index contributed by atoms with van der Waals surface area (Å²) in [5.41, 5.74) is 9.11. The summed E-state index contributed by atoms with van der Waals surface area (Å²) in [6.45, 7) is 7.47. The Hall–Kier alpha value is -0.890. The molecule has 13 heavy (non-hydrogen) atoms. The van der Waals surface area contributed by atoms with Crippen molar-refractivity contribution < 1.29 is 4.39 Å². The van der Waals surface area contributed by atoms with E-state index < -0.39 is 0 Å². The van der Waals surface area contributed by atoms with Gasteiger partial charge in [0.1, 0.15) is 5.82 Å². The molecule has 0 saturated heterocycles. The molecule has 1 unspecified atom stereocenters. The van der Waals surface area contributed by atoms with Gasteiger partial charge in [-0.3, -0.25) is 0 Å². The van der Waals surface area contributed by atoms with Crippen molar-refractivity contribution in [2.75, 3.05) is 0 Å². The highest BCUT2D eigenvalue weighted by atomic mass is 19.1. The first-order chi connectivity index (χ1) is 5.95. The van der Waals surface area contributed by atoms with E-state index in [0.717, 1.165) is 11.1 Å².